The van der Waals surface area contributed by atoms with Crippen LogP contribution in [0.5, 0.6) is 0 Å². The van der Waals surface area contributed by atoms with Crippen molar-refractivity contribution >= 4 is 17.3 Å². The second-order valence-corrected chi connectivity index (χ2v) is 4.13. The maximum absolute atomic E-state index is 10.9. The summed E-state index contributed by atoms with van der Waals surface area (Å²) in [5, 5.41) is 20.1. The van der Waals surface area contributed by atoms with Crippen molar-refractivity contribution in [1.82, 2.24) is 10.6 Å². The first kappa shape index (κ1) is 16.5. The Hall–Kier alpha value is -2.57. The van der Waals surface area contributed by atoms with Crippen LogP contribution >= 0.6 is 0 Å². The fraction of sp³-hybridized carbons (Fsp3) is 0.357. The predicted octanol–water partition coefficient (Wildman–Crippen LogP) is 1.75. The summed E-state index contributed by atoms with van der Waals surface area (Å²) < 4.78 is 0. The summed E-state index contributed by atoms with van der Waals surface area (Å²) in [6.07, 6.45) is 1.75. The van der Waals surface area contributed by atoms with Crippen molar-refractivity contribution in [3.8, 4) is 0 Å². The van der Waals surface area contributed by atoms with E-state index >= 15 is 0 Å². The van der Waals surface area contributed by atoms with E-state index in [1.165, 1.54) is 6.07 Å². The molecule has 0 unspecified atom stereocenters. The lowest BCUT2D eigenvalue weighted by Gasteiger charge is -2.10. The van der Waals surface area contributed by atoms with Gasteiger partial charge in [-0.15, -0.1) is 6.58 Å². The van der Waals surface area contributed by atoms with Crippen molar-refractivity contribution < 1.29 is 4.92 Å². The molecule has 0 atom stereocenters. The van der Waals surface area contributed by atoms with E-state index in [1.807, 2.05) is 6.92 Å². The Labute approximate surface area is 124 Å². The molecule has 1 aromatic carbocycles. The molecule has 114 valence electrons. The van der Waals surface area contributed by atoms with Gasteiger partial charge in [-0.05, 0) is 13.0 Å². The number of nitrogens with one attached hydrogen (secondary N) is 3. The largest absolute Gasteiger partial charge is 0.378 e. The highest BCUT2D eigenvalue weighted by molar-refractivity contribution is 5.79. The Bertz CT molecular complexity index is 502. The lowest BCUT2D eigenvalue weighted by atomic mass is 10.2. The smallest absolute Gasteiger partial charge is 0.292 e. The molecule has 0 heterocycles. The maximum atomic E-state index is 10.9. The molecule has 3 N–H and O–H groups in total. The van der Waals surface area contributed by atoms with E-state index in [4.69, 9.17) is 0 Å². The van der Waals surface area contributed by atoms with Gasteiger partial charge in [0.25, 0.3) is 5.69 Å². The first-order chi connectivity index (χ1) is 10.2. The molecule has 21 heavy (non-hydrogen) atoms. The van der Waals surface area contributed by atoms with Crippen LogP contribution in [-0.4, -0.2) is 37.1 Å². The fourth-order valence-electron chi connectivity index (χ4n) is 1.65. The van der Waals surface area contributed by atoms with E-state index in [0.29, 0.717) is 31.3 Å². The quantitative estimate of drug-likeness (QED) is 0.169. The van der Waals surface area contributed by atoms with Crippen molar-refractivity contribution in [3.63, 3.8) is 0 Å². The second kappa shape index (κ2) is 9.35. The number of rotatable bonds is 8. The minimum Gasteiger partial charge on any atom is -0.378 e. The van der Waals surface area contributed by atoms with Crippen LogP contribution in [0.1, 0.15) is 6.92 Å². The number of aliphatic imine (C=N–C) groups is 1. The number of guanidine groups is 1. The molecule has 7 nitrogen and oxygen atoms in total. The van der Waals surface area contributed by atoms with E-state index < -0.39 is 4.92 Å². The molecular weight excluding hydrogens is 270 g/mol. The molecule has 0 saturated carbocycles. The first-order valence-corrected chi connectivity index (χ1v) is 6.79. The Kier molecular flexibility index (Phi) is 7.34. The molecule has 1 aromatic rings. The van der Waals surface area contributed by atoms with Crippen molar-refractivity contribution in [2.45, 2.75) is 6.92 Å². The summed E-state index contributed by atoms with van der Waals surface area (Å²) in [5.74, 6) is 0.696. The summed E-state index contributed by atoms with van der Waals surface area (Å²) in [6.45, 7) is 8.02. The number of para-hydroxylation sites is 2. The van der Waals surface area contributed by atoms with Crippen LogP contribution in [0, 0.1) is 10.1 Å². The van der Waals surface area contributed by atoms with E-state index in [-0.39, 0.29) is 5.69 Å². The van der Waals surface area contributed by atoms with Gasteiger partial charge in [-0.25, -0.2) is 0 Å². The van der Waals surface area contributed by atoms with Crippen LogP contribution in [0.3, 0.4) is 0 Å². The summed E-state index contributed by atoms with van der Waals surface area (Å²) >= 11 is 0. The average Bonchev–Trinajstić information content (AvgIpc) is 2.49. The SMILES string of the molecule is C=CCNC(=NCCNc1ccccc1[N+](=O)[O-])NCC. The van der Waals surface area contributed by atoms with Gasteiger partial charge >= 0.3 is 0 Å². The zero-order valence-corrected chi connectivity index (χ0v) is 12.1. The number of benzene rings is 1. The number of nitro benzene ring substituents is 1. The third-order valence-electron chi connectivity index (χ3n) is 2.56. The van der Waals surface area contributed by atoms with Gasteiger partial charge in [0, 0.05) is 25.7 Å². The molecule has 0 fully saturated rings. The van der Waals surface area contributed by atoms with E-state index in [2.05, 4.69) is 27.5 Å². The Balaban J connectivity index is 2.52. The lowest BCUT2D eigenvalue weighted by Crippen LogP contribution is -2.37. The molecule has 1 rings (SSSR count). The van der Waals surface area contributed by atoms with E-state index in [9.17, 15) is 10.1 Å². The van der Waals surface area contributed by atoms with Crippen molar-refractivity contribution in [2.24, 2.45) is 4.99 Å². The lowest BCUT2D eigenvalue weighted by molar-refractivity contribution is -0.384. The highest BCUT2D eigenvalue weighted by Gasteiger charge is 2.10. The summed E-state index contributed by atoms with van der Waals surface area (Å²) in [5.41, 5.74) is 0.569. The minimum atomic E-state index is -0.401. The molecule has 0 saturated heterocycles. The van der Waals surface area contributed by atoms with Gasteiger partial charge in [-0.3, -0.25) is 15.1 Å². The van der Waals surface area contributed by atoms with E-state index in [1.54, 1.807) is 24.3 Å². The number of nitrogens with zero attached hydrogens (tertiary/aromatic N) is 2. The number of hydrogen-bond donors (Lipinski definition) is 3. The molecule has 0 bridgehead atoms. The number of anilines is 1. The Morgan fingerprint density at radius 3 is 2.86 bits per heavy atom. The summed E-state index contributed by atoms with van der Waals surface area (Å²) in [6, 6.07) is 6.56. The molecule has 0 aromatic heterocycles. The van der Waals surface area contributed by atoms with Crippen LogP contribution in [0.4, 0.5) is 11.4 Å². The van der Waals surface area contributed by atoms with Crippen LogP contribution in [0.15, 0.2) is 41.9 Å². The van der Waals surface area contributed by atoms with Crippen molar-refractivity contribution in [1.29, 1.82) is 0 Å². The van der Waals surface area contributed by atoms with E-state index in [0.717, 1.165) is 6.54 Å². The van der Waals surface area contributed by atoms with Crippen molar-refractivity contribution in [2.75, 3.05) is 31.5 Å². The first-order valence-electron chi connectivity index (χ1n) is 6.79. The van der Waals surface area contributed by atoms with Gasteiger partial charge in [-0.2, -0.15) is 0 Å². The zero-order chi connectivity index (χ0) is 15.5. The molecule has 0 spiro atoms. The predicted molar refractivity (Wildman–Crippen MR) is 85.8 cm³/mol. The van der Waals surface area contributed by atoms with Gasteiger partial charge < -0.3 is 16.0 Å². The molecular formula is C14H21N5O2. The third kappa shape index (κ3) is 5.94. The molecule has 0 aliphatic rings. The number of hydrogen-bond acceptors (Lipinski definition) is 4. The molecule has 0 radical (unpaired) electrons. The Morgan fingerprint density at radius 2 is 2.19 bits per heavy atom. The summed E-state index contributed by atoms with van der Waals surface area (Å²) in [4.78, 5) is 14.8. The van der Waals surface area contributed by atoms with Gasteiger partial charge in [0.2, 0.25) is 0 Å². The Morgan fingerprint density at radius 1 is 1.43 bits per heavy atom. The fourth-order valence-corrected chi connectivity index (χ4v) is 1.65. The van der Waals surface area contributed by atoms with Crippen LogP contribution in [0.25, 0.3) is 0 Å². The minimum absolute atomic E-state index is 0.0677. The van der Waals surface area contributed by atoms with Crippen LogP contribution < -0.4 is 16.0 Å². The highest BCUT2D eigenvalue weighted by atomic mass is 16.6. The monoisotopic (exact) mass is 291 g/mol. The molecule has 0 aliphatic carbocycles. The molecule has 7 heteroatoms. The average molecular weight is 291 g/mol. The normalized spacial score (nSPS) is 10.8. The number of nitro groups is 1. The maximum Gasteiger partial charge on any atom is 0.292 e. The van der Waals surface area contributed by atoms with Gasteiger partial charge in [0.05, 0.1) is 11.5 Å². The molecule has 0 amide bonds. The molecule has 0 aliphatic heterocycles. The highest BCUT2D eigenvalue weighted by Crippen LogP contribution is 2.22. The van der Waals surface area contributed by atoms with Crippen molar-refractivity contribution in [3.05, 3.63) is 47.0 Å². The third-order valence-corrected chi connectivity index (χ3v) is 2.56. The van der Waals surface area contributed by atoms with Gasteiger partial charge in [-0.1, -0.05) is 18.2 Å². The van der Waals surface area contributed by atoms with Gasteiger partial charge in [0.15, 0.2) is 5.96 Å². The van der Waals surface area contributed by atoms with Gasteiger partial charge in [0.1, 0.15) is 5.69 Å². The van der Waals surface area contributed by atoms with Crippen LogP contribution in [-0.2, 0) is 0 Å². The zero-order valence-electron chi connectivity index (χ0n) is 12.1. The standard InChI is InChI=1S/C14H21N5O2/c1-3-9-17-14(15-4-2)18-11-10-16-12-7-5-6-8-13(12)19(20)21/h3,5-8,16H,1,4,9-11H2,2H3,(H2,15,17,18). The second-order valence-electron chi connectivity index (χ2n) is 4.13. The summed E-state index contributed by atoms with van der Waals surface area (Å²) in [7, 11) is 0. The topological polar surface area (TPSA) is 91.6 Å². The van der Waals surface area contributed by atoms with Crippen LogP contribution in [0.2, 0.25) is 0 Å².